The summed E-state index contributed by atoms with van der Waals surface area (Å²) in [6.45, 7) is 10.4. The van der Waals surface area contributed by atoms with Crippen LogP contribution in [0.4, 0.5) is 0 Å². The van der Waals surface area contributed by atoms with Crippen LogP contribution in [0.3, 0.4) is 0 Å². The first-order chi connectivity index (χ1) is 9.06. The van der Waals surface area contributed by atoms with Gasteiger partial charge in [-0.25, -0.2) is 0 Å². The van der Waals surface area contributed by atoms with Crippen molar-refractivity contribution in [2.45, 2.75) is 53.1 Å². The highest BCUT2D eigenvalue weighted by molar-refractivity contribution is 5.17. The van der Waals surface area contributed by atoms with E-state index in [1.165, 1.54) is 19.3 Å². The van der Waals surface area contributed by atoms with Gasteiger partial charge in [0.15, 0.2) is 0 Å². The van der Waals surface area contributed by atoms with Gasteiger partial charge >= 0.3 is 0 Å². The van der Waals surface area contributed by atoms with Crippen LogP contribution in [0.15, 0.2) is 23.3 Å². The van der Waals surface area contributed by atoms with Gasteiger partial charge in [-0.15, -0.1) is 0 Å². The molecule has 0 amide bonds. The Balaban J connectivity index is 1.81. The van der Waals surface area contributed by atoms with Gasteiger partial charge in [-0.05, 0) is 56.8 Å². The molecule has 0 aromatic rings. The van der Waals surface area contributed by atoms with Crippen LogP contribution in [0.5, 0.6) is 0 Å². The summed E-state index contributed by atoms with van der Waals surface area (Å²) in [5.74, 6) is 3.67. The second-order valence-corrected chi connectivity index (χ2v) is 7.30. The van der Waals surface area contributed by atoms with Crippen LogP contribution in [0.2, 0.25) is 0 Å². The minimum atomic E-state index is 0.472. The van der Waals surface area contributed by atoms with Gasteiger partial charge in [0.25, 0.3) is 0 Å². The second kappa shape index (κ2) is 5.09. The summed E-state index contributed by atoms with van der Waals surface area (Å²) in [7, 11) is 0. The molecule has 0 saturated carbocycles. The van der Waals surface area contributed by atoms with Crippen LogP contribution < -0.4 is 0 Å². The number of fused-ring (bicyclic) bond motifs is 2. The molecule has 1 aliphatic heterocycles. The molecule has 1 nitrogen and oxygen atoms in total. The van der Waals surface area contributed by atoms with E-state index < -0.39 is 0 Å². The highest BCUT2D eigenvalue weighted by Crippen LogP contribution is 2.45. The molecule has 0 N–H and O–H groups in total. The second-order valence-electron chi connectivity index (χ2n) is 7.30. The molecule has 1 saturated heterocycles. The molecule has 3 rings (SSSR count). The van der Waals surface area contributed by atoms with Crippen molar-refractivity contribution in [2.24, 2.45) is 29.6 Å². The fourth-order valence-corrected chi connectivity index (χ4v) is 4.56. The standard InChI is InChI=1S/C18H28O/c1-11-5-6-16(13(3)7-11)18-17-9-15(10-19-18)12(2)8-14(17)4/h5,8,12-13,15-18H,6-7,9-10H2,1-4H3/t12-,13-,15+,16+,17-,18-/m1/s1. The topological polar surface area (TPSA) is 9.23 Å². The molecule has 2 aliphatic carbocycles. The predicted octanol–water partition coefficient (Wildman–Crippen LogP) is 4.60. The Morgan fingerprint density at radius 2 is 2.00 bits per heavy atom. The van der Waals surface area contributed by atoms with Crippen molar-refractivity contribution in [2.75, 3.05) is 6.61 Å². The minimum Gasteiger partial charge on any atom is -0.377 e. The number of allylic oxidation sites excluding steroid dienone is 3. The van der Waals surface area contributed by atoms with Gasteiger partial charge in [-0.3, -0.25) is 0 Å². The average Bonchev–Trinajstić information content (AvgIpc) is 2.37. The minimum absolute atomic E-state index is 0.472. The average molecular weight is 260 g/mol. The zero-order valence-electron chi connectivity index (χ0n) is 12.9. The van der Waals surface area contributed by atoms with Crippen molar-refractivity contribution in [3.8, 4) is 0 Å². The van der Waals surface area contributed by atoms with Gasteiger partial charge < -0.3 is 4.74 Å². The van der Waals surface area contributed by atoms with E-state index in [4.69, 9.17) is 4.74 Å². The van der Waals surface area contributed by atoms with Crippen molar-refractivity contribution in [3.63, 3.8) is 0 Å². The Labute approximate surface area is 118 Å². The lowest BCUT2D eigenvalue weighted by atomic mass is 9.66. The van der Waals surface area contributed by atoms with Crippen LogP contribution in [0, 0.1) is 29.6 Å². The molecule has 0 radical (unpaired) electrons. The van der Waals surface area contributed by atoms with E-state index in [0.29, 0.717) is 17.9 Å². The first kappa shape index (κ1) is 13.4. The summed E-state index contributed by atoms with van der Waals surface area (Å²) in [6, 6.07) is 0. The van der Waals surface area contributed by atoms with Gasteiger partial charge in [0.1, 0.15) is 0 Å². The number of hydrogen-bond acceptors (Lipinski definition) is 1. The first-order valence-corrected chi connectivity index (χ1v) is 8.01. The third-order valence-electron chi connectivity index (χ3n) is 5.85. The molecule has 0 spiro atoms. The fraction of sp³-hybridized carbons (Fsp3) is 0.778. The maximum atomic E-state index is 6.36. The summed E-state index contributed by atoms with van der Waals surface area (Å²) >= 11 is 0. The molecule has 6 atom stereocenters. The zero-order valence-corrected chi connectivity index (χ0v) is 12.9. The van der Waals surface area contributed by atoms with Crippen molar-refractivity contribution in [1.82, 2.24) is 0 Å². The molecule has 1 fully saturated rings. The molecular formula is C18H28O. The van der Waals surface area contributed by atoms with Gasteiger partial charge in [-0.2, -0.15) is 0 Å². The van der Waals surface area contributed by atoms with Crippen LogP contribution in [-0.4, -0.2) is 12.7 Å². The van der Waals surface area contributed by atoms with Crippen molar-refractivity contribution < 1.29 is 4.74 Å². The van der Waals surface area contributed by atoms with E-state index in [0.717, 1.165) is 24.4 Å². The first-order valence-electron chi connectivity index (χ1n) is 8.01. The predicted molar refractivity (Wildman–Crippen MR) is 79.9 cm³/mol. The lowest BCUT2D eigenvalue weighted by Gasteiger charge is -2.47. The van der Waals surface area contributed by atoms with Crippen LogP contribution >= 0.6 is 0 Å². The molecule has 0 aromatic carbocycles. The van der Waals surface area contributed by atoms with Gasteiger partial charge in [0.2, 0.25) is 0 Å². The van der Waals surface area contributed by atoms with E-state index in [-0.39, 0.29) is 0 Å². The van der Waals surface area contributed by atoms with E-state index >= 15 is 0 Å². The Hall–Kier alpha value is -0.560. The van der Waals surface area contributed by atoms with Crippen molar-refractivity contribution >= 4 is 0 Å². The molecule has 0 aromatic heterocycles. The number of ether oxygens (including phenoxy) is 1. The molecule has 1 heterocycles. The molecule has 3 aliphatic rings. The van der Waals surface area contributed by atoms with Gasteiger partial charge in [-0.1, -0.05) is 37.1 Å². The maximum Gasteiger partial charge on any atom is 0.0674 e. The van der Waals surface area contributed by atoms with E-state index in [2.05, 4.69) is 39.8 Å². The molecule has 0 unspecified atom stereocenters. The Morgan fingerprint density at radius 3 is 2.74 bits per heavy atom. The Morgan fingerprint density at radius 1 is 1.21 bits per heavy atom. The molecule has 19 heavy (non-hydrogen) atoms. The largest absolute Gasteiger partial charge is 0.377 e. The monoisotopic (exact) mass is 260 g/mol. The summed E-state index contributed by atoms with van der Waals surface area (Å²) < 4.78 is 6.36. The highest BCUT2D eigenvalue weighted by atomic mass is 16.5. The zero-order chi connectivity index (χ0) is 13.6. The normalized spacial score (nSPS) is 46.5. The van der Waals surface area contributed by atoms with Crippen LogP contribution in [0.1, 0.15) is 47.0 Å². The van der Waals surface area contributed by atoms with Crippen molar-refractivity contribution in [3.05, 3.63) is 23.3 Å². The quantitative estimate of drug-likeness (QED) is 0.626. The van der Waals surface area contributed by atoms with Crippen molar-refractivity contribution in [1.29, 1.82) is 0 Å². The summed E-state index contributed by atoms with van der Waals surface area (Å²) in [5, 5.41) is 0. The molecular weight excluding hydrogens is 232 g/mol. The fourth-order valence-electron chi connectivity index (χ4n) is 4.56. The smallest absolute Gasteiger partial charge is 0.0674 e. The lowest BCUT2D eigenvalue weighted by Crippen LogP contribution is -2.46. The molecule has 1 heteroatoms. The van der Waals surface area contributed by atoms with Gasteiger partial charge in [0, 0.05) is 5.92 Å². The van der Waals surface area contributed by atoms with Gasteiger partial charge in [0.05, 0.1) is 12.7 Å². The maximum absolute atomic E-state index is 6.36. The Kier molecular flexibility index (Phi) is 3.59. The SMILES string of the molecule is CC1=CC[C@H]([C@H]2OC[C@@H]3C[C@@H]2C(C)=C[C@H]3C)[C@H](C)C1. The number of rotatable bonds is 1. The van der Waals surface area contributed by atoms with Crippen LogP contribution in [0.25, 0.3) is 0 Å². The summed E-state index contributed by atoms with van der Waals surface area (Å²) in [6.07, 6.45) is 9.29. The van der Waals surface area contributed by atoms with E-state index in [1.54, 1.807) is 11.1 Å². The van der Waals surface area contributed by atoms with E-state index in [1.807, 2.05) is 0 Å². The molecule has 2 bridgehead atoms. The third kappa shape index (κ3) is 2.42. The van der Waals surface area contributed by atoms with E-state index in [9.17, 15) is 0 Å². The highest BCUT2D eigenvalue weighted by Gasteiger charge is 2.42. The third-order valence-corrected chi connectivity index (χ3v) is 5.85. The summed E-state index contributed by atoms with van der Waals surface area (Å²) in [4.78, 5) is 0. The summed E-state index contributed by atoms with van der Waals surface area (Å²) in [5.41, 5.74) is 3.16. The van der Waals surface area contributed by atoms with Crippen LogP contribution in [-0.2, 0) is 4.74 Å². The number of hydrogen-bond donors (Lipinski definition) is 0. The Bertz CT molecular complexity index is 406. The lowest BCUT2D eigenvalue weighted by molar-refractivity contribution is -0.0982. The molecule has 106 valence electrons.